The molecule has 1 saturated heterocycles. The Labute approximate surface area is 125 Å². The van der Waals surface area contributed by atoms with Gasteiger partial charge in [0.1, 0.15) is 0 Å². The Morgan fingerprint density at radius 3 is 3.00 bits per heavy atom. The van der Waals surface area contributed by atoms with Crippen molar-refractivity contribution in [1.82, 2.24) is 5.32 Å². The Morgan fingerprint density at radius 1 is 1.50 bits per heavy atom. The molecular formula is C15H21ClN2O2. The number of nitrogens with zero attached hydrogens (tertiary/aromatic N) is 1. The summed E-state index contributed by atoms with van der Waals surface area (Å²) >= 11 is 6.05. The second-order valence-corrected chi connectivity index (χ2v) is 5.72. The van der Waals surface area contributed by atoms with Crippen molar-refractivity contribution in [1.29, 1.82) is 0 Å². The quantitative estimate of drug-likeness (QED) is 0.930. The third-order valence-corrected chi connectivity index (χ3v) is 3.67. The summed E-state index contributed by atoms with van der Waals surface area (Å²) < 4.78 is 4.95. The van der Waals surface area contributed by atoms with Crippen LogP contribution in [0.5, 0.6) is 0 Å². The zero-order chi connectivity index (χ0) is 14.5. The van der Waals surface area contributed by atoms with Crippen LogP contribution in [0, 0.1) is 5.92 Å². The van der Waals surface area contributed by atoms with Gasteiger partial charge in [0, 0.05) is 29.8 Å². The van der Waals surface area contributed by atoms with Crippen molar-refractivity contribution in [2.75, 3.05) is 24.6 Å². The van der Waals surface area contributed by atoms with Crippen LogP contribution in [0.3, 0.4) is 0 Å². The van der Waals surface area contributed by atoms with E-state index >= 15 is 0 Å². The van der Waals surface area contributed by atoms with Crippen LogP contribution in [0.2, 0.25) is 5.02 Å². The van der Waals surface area contributed by atoms with Crippen LogP contribution in [-0.4, -0.2) is 31.8 Å². The Kier molecular flexibility index (Phi) is 5.12. The van der Waals surface area contributed by atoms with E-state index in [-0.39, 0.29) is 12.1 Å². The average Bonchev–Trinajstić information content (AvgIpc) is 2.38. The molecule has 1 N–H and O–H groups in total. The van der Waals surface area contributed by atoms with E-state index in [4.69, 9.17) is 16.3 Å². The molecule has 1 aliphatic rings. The Bertz CT molecular complexity index is 467. The molecule has 0 saturated carbocycles. The monoisotopic (exact) mass is 296 g/mol. The van der Waals surface area contributed by atoms with Crippen LogP contribution in [0.15, 0.2) is 24.3 Å². The van der Waals surface area contributed by atoms with E-state index in [9.17, 15) is 4.79 Å². The van der Waals surface area contributed by atoms with Crippen molar-refractivity contribution < 1.29 is 9.53 Å². The van der Waals surface area contributed by atoms with Gasteiger partial charge in [-0.3, -0.25) is 0 Å². The largest absolute Gasteiger partial charge is 0.450 e. The first-order valence-electron chi connectivity index (χ1n) is 7.02. The predicted octanol–water partition coefficient (Wildman–Crippen LogP) is 3.30. The highest BCUT2D eigenvalue weighted by molar-refractivity contribution is 6.30. The molecule has 0 spiro atoms. The molecule has 2 unspecified atom stereocenters. The van der Waals surface area contributed by atoms with Gasteiger partial charge in [0.2, 0.25) is 0 Å². The molecule has 1 aliphatic heterocycles. The summed E-state index contributed by atoms with van der Waals surface area (Å²) in [6.07, 6.45) is 0.633. The highest BCUT2D eigenvalue weighted by atomic mass is 35.5. The molecular weight excluding hydrogens is 276 g/mol. The van der Waals surface area contributed by atoms with E-state index in [1.807, 2.05) is 24.3 Å². The van der Waals surface area contributed by atoms with Gasteiger partial charge in [-0.1, -0.05) is 24.6 Å². The van der Waals surface area contributed by atoms with Crippen LogP contribution >= 0.6 is 11.6 Å². The van der Waals surface area contributed by atoms with Crippen LogP contribution in [0.4, 0.5) is 10.5 Å². The summed E-state index contributed by atoms with van der Waals surface area (Å²) in [4.78, 5) is 13.8. The number of hydrogen-bond donors (Lipinski definition) is 1. The lowest BCUT2D eigenvalue weighted by atomic mass is 9.95. The fourth-order valence-corrected chi connectivity index (χ4v) is 2.86. The standard InChI is InChI=1S/C15H21ClN2O2/c1-3-20-15(19)17-13-7-11(2)9-18(10-13)14-6-4-5-12(16)8-14/h4-6,8,11,13H,3,7,9-10H2,1-2H3,(H,17,19). The fraction of sp³-hybridized carbons (Fsp3) is 0.533. The van der Waals surface area contributed by atoms with E-state index in [1.54, 1.807) is 6.92 Å². The molecule has 20 heavy (non-hydrogen) atoms. The van der Waals surface area contributed by atoms with Crippen molar-refractivity contribution in [2.45, 2.75) is 26.3 Å². The number of halogens is 1. The minimum atomic E-state index is -0.336. The summed E-state index contributed by atoms with van der Waals surface area (Å²) in [6, 6.07) is 7.93. The summed E-state index contributed by atoms with van der Waals surface area (Å²) in [7, 11) is 0. The minimum Gasteiger partial charge on any atom is -0.450 e. The number of rotatable bonds is 3. The second-order valence-electron chi connectivity index (χ2n) is 5.29. The molecule has 0 bridgehead atoms. The summed E-state index contributed by atoms with van der Waals surface area (Å²) in [5.41, 5.74) is 1.10. The van der Waals surface area contributed by atoms with Crippen LogP contribution < -0.4 is 10.2 Å². The highest BCUT2D eigenvalue weighted by Crippen LogP contribution is 2.25. The number of hydrogen-bond acceptors (Lipinski definition) is 3. The smallest absolute Gasteiger partial charge is 0.407 e. The lowest BCUT2D eigenvalue weighted by Gasteiger charge is -2.38. The van der Waals surface area contributed by atoms with Crippen molar-refractivity contribution >= 4 is 23.4 Å². The number of amides is 1. The fourth-order valence-electron chi connectivity index (χ4n) is 2.68. The third kappa shape index (κ3) is 4.04. The van der Waals surface area contributed by atoms with Gasteiger partial charge >= 0.3 is 6.09 Å². The maximum atomic E-state index is 11.5. The molecule has 0 aliphatic carbocycles. The topological polar surface area (TPSA) is 41.6 Å². The number of piperidine rings is 1. The number of anilines is 1. The van der Waals surface area contributed by atoms with Gasteiger partial charge in [-0.2, -0.15) is 0 Å². The molecule has 1 fully saturated rings. The first-order chi connectivity index (χ1) is 9.58. The molecule has 1 amide bonds. The number of carbonyl (C=O) groups excluding carboxylic acids is 1. The Balaban J connectivity index is 2.02. The summed E-state index contributed by atoms with van der Waals surface area (Å²) in [6.45, 7) is 6.15. The zero-order valence-electron chi connectivity index (χ0n) is 11.9. The number of benzene rings is 1. The number of carbonyl (C=O) groups is 1. The lowest BCUT2D eigenvalue weighted by molar-refractivity contribution is 0.145. The van der Waals surface area contributed by atoms with Crippen molar-refractivity contribution in [2.24, 2.45) is 5.92 Å². The van der Waals surface area contributed by atoms with Gasteiger partial charge in [0.05, 0.1) is 6.61 Å². The molecule has 1 aromatic rings. The third-order valence-electron chi connectivity index (χ3n) is 3.43. The number of ether oxygens (including phenoxy) is 1. The maximum Gasteiger partial charge on any atom is 0.407 e. The molecule has 1 aromatic carbocycles. The van der Waals surface area contributed by atoms with Crippen LogP contribution in [-0.2, 0) is 4.74 Å². The van der Waals surface area contributed by atoms with Gasteiger partial charge < -0.3 is 15.0 Å². The van der Waals surface area contributed by atoms with E-state index in [0.717, 1.165) is 30.2 Å². The van der Waals surface area contributed by atoms with Gasteiger partial charge in [0.15, 0.2) is 0 Å². The van der Waals surface area contributed by atoms with Gasteiger partial charge in [0.25, 0.3) is 0 Å². The van der Waals surface area contributed by atoms with Gasteiger partial charge in [-0.25, -0.2) is 4.79 Å². The van der Waals surface area contributed by atoms with Gasteiger partial charge in [-0.05, 0) is 37.5 Å². The van der Waals surface area contributed by atoms with E-state index in [0.29, 0.717) is 12.5 Å². The predicted molar refractivity (Wildman–Crippen MR) is 81.4 cm³/mol. The number of nitrogens with one attached hydrogen (secondary N) is 1. The summed E-state index contributed by atoms with van der Waals surface area (Å²) in [5, 5.41) is 3.66. The molecule has 0 aromatic heterocycles. The first kappa shape index (κ1) is 15.0. The van der Waals surface area contributed by atoms with E-state index in [1.165, 1.54) is 0 Å². The second kappa shape index (κ2) is 6.84. The zero-order valence-corrected chi connectivity index (χ0v) is 12.7. The van der Waals surface area contributed by atoms with Crippen LogP contribution in [0.25, 0.3) is 0 Å². The van der Waals surface area contributed by atoms with Crippen molar-refractivity contribution in [3.8, 4) is 0 Å². The Hall–Kier alpha value is -1.42. The SMILES string of the molecule is CCOC(=O)NC1CC(C)CN(c2cccc(Cl)c2)C1. The van der Waals surface area contributed by atoms with E-state index < -0.39 is 0 Å². The summed E-state index contributed by atoms with van der Waals surface area (Å²) in [5.74, 6) is 0.509. The minimum absolute atomic E-state index is 0.108. The molecule has 4 nitrogen and oxygen atoms in total. The number of alkyl carbamates (subject to hydrolysis) is 1. The molecule has 1 heterocycles. The first-order valence-corrected chi connectivity index (χ1v) is 7.40. The normalized spacial score (nSPS) is 22.4. The molecule has 5 heteroatoms. The van der Waals surface area contributed by atoms with Crippen molar-refractivity contribution in [3.63, 3.8) is 0 Å². The average molecular weight is 297 g/mol. The molecule has 0 radical (unpaired) electrons. The molecule has 2 atom stereocenters. The van der Waals surface area contributed by atoms with E-state index in [2.05, 4.69) is 17.1 Å². The van der Waals surface area contributed by atoms with Gasteiger partial charge in [-0.15, -0.1) is 0 Å². The molecule has 2 rings (SSSR count). The van der Waals surface area contributed by atoms with Crippen molar-refractivity contribution in [3.05, 3.63) is 29.3 Å². The highest BCUT2D eigenvalue weighted by Gasteiger charge is 2.26. The molecule has 110 valence electrons. The van der Waals surface area contributed by atoms with Crippen LogP contribution in [0.1, 0.15) is 20.3 Å². The lowest BCUT2D eigenvalue weighted by Crippen LogP contribution is -2.50. The Morgan fingerprint density at radius 2 is 2.30 bits per heavy atom. The maximum absolute atomic E-state index is 11.5.